The molecule has 0 amide bonds. The van der Waals surface area contributed by atoms with Crippen LogP contribution in [-0.2, 0) is 0 Å². The summed E-state index contributed by atoms with van der Waals surface area (Å²) in [5.41, 5.74) is 1.08. The van der Waals surface area contributed by atoms with E-state index in [0.717, 1.165) is 22.5 Å². The number of aromatic nitrogens is 1. The Bertz CT molecular complexity index is 314. The van der Waals surface area contributed by atoms with Crippen LogP contribution >= 0.6 is 15.9 Å². The highest BCUT2D eigenvalue weighted by atomic mass is 79.9. The van der Waals surface area contributed by atoms with E-state index in [0.29, 0.717) is 5.92 Å². The topological polar surface area (TPSA) is 22.1 Å². The largest absolute Gasteiger partial charge is 0.477 e. The summed E-state index contributed by atoms with van der Waals surface area (Å²) in [5.74, 6) is 1.35. The molecule has 1 aromatic rings. The average molecular weight is 272 g/mol. The first kappa shape index (κ1) is 12.5. The molecular formula is C12H18BrNO. The van der Waals surface area contributed by atoms with Crippen LogP contribution < -0.4 is 4.74 Å². The van der Waals surface area contributed by atoms with E-state index in [-0.39, 0.29) is 0 Å². The van der Waals surface area contributed by atoms with Gasteiger partial charge in [0.05, 0.1) is 6.61 Å². The summed E-state index contributed by atoms with van der Waals surface area (Å²) in [4.78, 5) is 4.24. The Morgan fingerprint density at radius 3 is 2.87 bits per heavy atom. The normalized spacial score (nSPS) is 12.5. The van der Waals surface area contributed by atoms with Gasteiger partial charge in [0.1, 0.15) is 0 Å². The Labute approximate surface area is 100 Å². The van der Waals surface area contributed by atoms with E-state index in [9.17, 15) is 0 Å². The van der Waals surface area contributed by atoms with Crippen molar-refractivity contribution in [3.05, 3.63) is 22.3 Å². The zero-order chi connectivity index (χ0) is 11.3. The van der Waals surface area contributed by atoms with E-state index < -0.39 is 0 Å². The highest BCUT2D eigenvalue weighted by Crippen LogP contribution is 2.19. The first-order valence-corrected chi connectivity index (χ1v) is 6.17. The SMILES string of the molecule is CCCC(C)COc1ncc(Br)cc1C. The fourth-order valence-electron chi connectivity index (χ4n) is 1.48. The molecule has 1 heterocycles. The number of pyridine rings is 1. The molecule has 0 bridgehead atoms. The summed E-state index contributed by atoms with van der Waals surface area (Å²) in [7, 11) is 0. The maximum atomic E-state index is 5.67. The Morgan fingerprint density at radius 2 is 2.27 bits per heavy atom. The second-order valence-electron chi connectivity index (χ2n) is 3.98. The van der Waals surface area contributed by atoms with Crippen LogP contribution in [-0.4, -0.2) is 11.6 Å². The summed E-state index contributed by atoms with van der Waals surface area (Å²) < 4.78 is 6.67. The van der Waals surface area contributed by atoms with E-state index in [1.54, 1.807) is 6.20 Å². The van der Waals surface area contributed by atoms with Crippen LogP contribution in [0.1, 0.15) is 32.3 Å². The Kier molecular flexibility index (Phi) is 5.09. The number of hydrogen-bond acceptors (Lipinski definition) is 2. The van der Waals surface area contributed by atoms with Crippen LogP contribution in [0, 0.1) is 12.8 Å². The molecule has 0 fully saturated rings. The Morgan fingerprint density at radius 1 is 1.53 bits per heavy atom. The van der Waals surface area contributed by atoms with Crippen molar-refractivity contribution < 1.29 is 4.74 Å². The number of aryl methyl sites for hydroxylation is 1. The van der Waals surface area contributed by atoms with Gasteiger partial charge < -0.3 is 4.74 Å². The van der Waals surface area contributed by atoms with E-state index in [1.807, 2.05) is 13.0 Å². The molecule has 0 N–H and O–H groups in total. The fourth-order valence-corrected chi connectivity index (χ4v) is 1.92. The number of rotatable bonds is 5. The van der Waals surface area contributed by atoms with Crippen LogP contribution in [0.3, 0.4) is 0 Å². The fraction of sp³-hybridized carbons (Fsp3) is 0.583. The number of hydrogen-bond donors (Lipinski definition) is 0. The molecule has 0 saturated carbocycles. The van der Waals surface area contributed by atoms with Crippen molar-refractivity contribution in [1.29, 1.82) is 0 Å². The summed E-state index contributed by atoms with van der Waals surface area (Å²) in [6, 6.07) is 2.02. The lowest BCUT2D eigenvalue weighted by Crippen LogP contribution is -2.09. The van der Waals surface area contributed by atoms with Gasteiger partial charge in [0.25, 0.3) is 0 Å². The first-order valence-electron chi connectivity index (χ1n) is 5.38. The molecule has 1 atom stereocenters. The quantitative estimate of drug-likeness (QED) is 0.809. The van der Waals surface area contributed by atoms with Gasteiger partial charge in [-0.3, -0.25) is 0 Å². The molecule has 0 spiro atoms. The van der Waals surface area contributed by atoms with Gasteiger partial charge in [0, 0.05) is 16.2 Å². The lowest BCUT2D eigenvalue weighted by Gasteiger charge is -2.12. The maximum Gasteiger partial charge on any atom is 0.216 e. The molecule has 0 aliphatic carbocycles. The van der Waals surface area contributed by atoms with E-state index in [1.165, 1.54) is 12.8 Å². The summed E-state index contributed by atoms with van der Waals surface area (Å²) >= 11 is 3.38. The second kappa shape index (κ2) is 6.11. The Hall–Kier alpha value is -0.570. The second-order valence-corrected chi connectivity index (χ2v) is 4.90. The minimum Gasteiger partial charge on any atom is -0.477 e. The molecule has 0 radical (unpaired) electrons. The third kappa shape index (κ3) is 4.20. The molecule has 1 aromatic heterocycles. The summed E-state index contributed by atoms with van der Waals surface area (Å²) in [6.07, 6.45) is 4.18. The molecule has 1 unspecified atom stereocenters. The standard InChI is InChI=1S/C12H18BrNO/c1-4-5-9(2)8-15-12-10(3)6-11(13)7-14-12/h6-7,9H,4-5,8H2,1-3H3. The van der Waals surface area contributed by atoms with Gasteiger partial charge >= 0.3 is 0 Å². The minimum absolute atomic E-state index is 0.597. The van der Waals surface area contributed by atoms with Crippen molar-refractivity contribution >= 4 is 15.9 Å². The van der Waals surface area contributed by atoms with E-state index >= 15 is 0 Å². The number of ether oxygens (including phenoxy) is 1. The molecule has 0 saturated heterocycles. The van der Waals surface area contributed by atoms with Gasteiger partial charge in [0.2, 0.25) is 5.88 Å². The van der Waals surface area contributed by atoms with Crippen LogP contribution in [0.5, 0.6) is 5.88 Å². The highest BCUT2D eigenvalue weighted by molar-refractivity contribution is 9.10. The van der Waals surface area contributed by atoms with Gasteiger partial charge in [-0.25, -0.2) is 4.98 Å². The summed E-state index contributed by atoms with van der Waals surface area (Å²) in [5, 5.41) is 0. The minimum atomic E-state index is 0.597. The van der Waals surface area contributed by atoms with Crippen LogP contribution in [0.4, 0.5) is 0 Å². The van der Waals surface area contributed by atoms with Crippen molar-refractivity contribution in [2.75, 3.05) is 6.61 Å². The van der Waals surface area contributed by atoms with Gasteiger partial charge in [-0.1, -0.05) is 20.3 Å². The van der Waals surface area contributed by atoms with Gasteiger partial charge in [-0.2, -0.15) is 0 Å². The molecule has 1 rings (SSSR count). The van der Waals surface area contributed by atoms with Crippen molar-refractivity contribution in [1.82, 2.24) is 4.98 Å². The lowest BCUT2D eigenvalue weighted by molar-refractivity contribution is 0.241. The zero-order valence-corrected chi connectivity index (χ0v) is 11.2. The molecule has 0 aromatic carbocycles. The molecule has 0 aliphatic heterocycles. The Balaban J connectivity index is 2.50. The number of nitrogens with zero attached hydrogens (tertiary/aromatic N) is 1. The monoisotopic (exact) mass is 271 g/mol. The van der Waals surface area contributed by atoms with E-state index in [4.69, 9.17) is 4.74 Å². The molecule has 2 nitrogen and oxygen atoms in total. The summed E-state index contributed by atoms with van der Waals surface area (Å²) in [6.45, 7) is 7.16. The van der Waals surface area contributed by atoms with Crippen molar-refractivity contribution in [3.8, 4) is 5.88 Å². The maximum absolute atomic E-state index is 5.67. The lowest BCUT2D eigenvalue weighted by atomic mass is 10.1. The number of halogens is 1. The molecule has 84 valence electrons. The third-order valence-electron chi connectivity index (χ3n) is 2.28. The average Bonchev–Trinajstić information content (AvgIpc) is 2.17. The van der Waals surface area contributed by atoms with E-state index in [2.05, 4.69) is 34.8 Å². The molecule has 0 aliphatic rings. The van der Waals surface area contributed by atoms with Crippen molar-refractivity contribution in [3.63, 3.8) is 0 Å². The molecule has 15 heavy (non-hydrogen) atoms. The first-order chi connectivity index (χ1) is 7.13. The highest BCUT2D eigenvalue weighted by Gasteiger charge is 2.05. The molecule has 3 heteroatoms. The van der Waals surface area contributed by atoms with Gasteiger partial charge in [-0.15, -0.1) is 0 Å². The van der Waals surface area contributed by atoms with Gasteiger partial charge in [-0.05, 0) is 41.3 Å². The smallest absolute Gasteiger partial charge is 0.216 e. The van der Waals surface area contributed by atoms with Gasteiger partial charge in [0.15, 0.2) is 0 Å². The van der Waals surface area contributed by atoms with Crippen LogP contribution in [0.2, 0.25) is 0 Å². The zero-order valence-electron chi connectivity index (χ0n) is 9.59. The van der Waals surface area contributed by atoms with Crippen molar-refractivity contribution in [2.45, 2.75) is 33.6 Å². The van der Waals surface area contributed by atoms with Crippen LogP contribution in [0.25, 0.3) is 0 Å². The predicted molar refractivity (Wildman–Crippen MR) is 66.2 cm³/mol. The molecular weight excluding hydrogens is 254 g/mol. The third-order valence-corrected chi connectivity index (χ3v) is 2.72. The van der Waals surface area contributed by atoms with Crippen LogP contribution in [0.15, 0.2) is 16.7 Å². The predicted octanol–water partition coefficient (Wildman–Crippen LogP) is 3.97. The van der Waals surface area contributed by atoms with Crippen molar-refractivity contribution in [2.24, 2.45) is 5.92 Å².